The Bertz CT molecular complexity index is 1040. The van der Waals surface area contributed by atoms with Gasteiger partial charge in [-0.2, -0.15) is 0 Å². The molecule has 33 heavy (non-hydrogen) atoms. The summed E-state index contributed by atoms with van der Waals surface area (Å²) in [6, 6.07) is 1.55. The predicted octanol–water partition coefficient (Wildman–Crippen LogP) is 6.13. The molecule has 0 radical (unpaired) electrons. The molecule has 5 nitrogen and oxygen atoms in total. The van der Waals surface area contributed by atoms with Gasteiger partial charge in [0.15, 0.2) is 9.84 Å². The van der Waals surface area contributed by atoms with E-state index in [1.807, 2.05) is 19.9 Å². The Morgan fingerprint density at radius 1 is 1.12 bits per heavy atom. The number of hydrogen-bond acceptors (Lipinski definition) is 5. The van der Waals surface area contributed by atoms with Gasteiger partial charge in [0, 0.05) is 24.3 Å². The summed E-state index contributed by atoms with van der Waals surface area (Å²) >= 11 is 0. The van der Waals surface area contributed by atoms with Gasteiger partial charge in [-0.15, -0.1) is 0 Å². The number of rotatable bonds is 8. The van der Waals surface area contributed by atoms with E-state index in [9.17, 15) is 23.4 Å². The number of phenolic OH excluding ortho intramolecular Hbond substituents is 2. The monoisotopic (exact) mass is 474 g/mol. The van der Waals surface area contributed by atoms with Crippen LogP contribution in [0.1, 0.15) is 95.6 Å². The molecule has 0 aliphatic heterocycles. The van der Waals surface area contributed by atoms with Crippen LogP contribution in [-0.2, 0) is 21.1 Å². The fourth-order valence-electron chi connectivity index (χ4n) is 5.40. The van der Waals surface area contributed by atoms with Gasteiger partial charge in [0.2, 0.25) is 0 Å². The van der Waals surface area contributed by atoms with Crippen LogP contribution in [0, 0.1) is 5.92 Å². The minimum absolute atomic E-state index is 0.0132. The standard InChI is InChI=1S/C27H38O5S/c1-5-6-7-8-19-16-24(29)25(23-15-18(4)9-14-22(23)17(2)3)26(30)27(19)33(31,32)21-12-10-20(28)11-13-21/h15-16,21-23,29-30H,2,5-14H2,1,3-4H3. The van der Waals surface area contributed by atoms with E-state index < -0.39 is 15.1 Å². The van der Waals surface area contributed by atoms with E-state index in [-0.39, 0.29) is 65.3 Å². The van der Waals surface area contributed by atoms with Gasteiger partial charge in [-0.1, -0.05) is 43.6 Å². The number of ketones is 1. The quantitative estimate of drug-likeness (QED) is 0.349. The highest BCUT2D eigenvalue weighted by atomic mass is 32.2. The molecule has 1 fully saturated rings. The molecule has 0 saturated heterocycles. The Morgan fingerprint density at radius 3 is 2.39 bits per heavy atom. The van der Waals surface area contributed by atoms with Gasteiger partial charge in [0.1, 0.15) is 22.2 Å². The van der Waals surface area contributed by atoms with Crippen LogP contribution >= 0.6 is 0 Å². The lowest BCUT2D eigenvalue weighted by molar-refractivity contribution is -0.120. The minimum atomic E-state index is -3.87. The number of benzene rings is 1. The lowest BCUT2D eigenvalue weighted by Gasteiger charge is -2.32. The van der Waals surface area contributed by atoms with Crippen LogP contribution < -0.4 is 0 Å². The first-order valence-corrected chi connectivity index (χ1v) is 13.8. The maximum absolute atomic E-state index is 13.8. The Balaban J connectivity index is 2.18. The molecule has 1 saturated carbocycles. The van der Waals surface area contributed by atoms with Crippen LogP contribution in [0.3, 0.4) is 0 Å². The molecule has 6 heteroatoms. The first-order valence-electron chi connectivity index (χ1n) is 12.2. The summed E-state index contributed by atoms with van der Waals surface area (Å²) in [6.45, 7) is 10.1. The zero-order valence-corrected chi connectivity index (χ0v) is 21.0. The van der Waals surface area contributed by atoms with Crippen molar-refractivity contribution in [1.82, 2.24) is 0 Å². The zero-order chi connectivity index (χ0) is 24.3. The number of carbonyl (C=O) groups excluding carboxylic acids is 1. The molecular weight excluding hydrogens is 436 g/mol. The van der Waals surface area contributed by atoms with Crippen molar-refractivity contribution in [3.63, 3.8) is 0 Å². The molecule has 1 aromatic rings. The normalized spacial score (nSPS) is 22.3. The number of sulfone groups is 1. The molecule has 182 valence electrons. The summed E-state index contributed by atoms with van der Waals surface area (Å²) in [5, 5.41) is 21.9. The summed E-state index contributed by atoms with van der Waals surface area (Å²) in [5.74, 6) is -0.603. The van der Waals surface area contributed by atoms with Crippen molar-refractivity contribution in [3.05, 3.63) is 41.0 Å². The maximum Gasteiger partial charge on any atom is 0.185 e. The second-order valence-corrected chi connectivity index (χ2v) is 12.1. The van der Waals surface area contributed by atoms with Crippen molar-refractivity contribution in [2.24, 2.45) is 5.92 Å². The second-order valence-electron chi connectivity index (χ2n) is 9.92. The molecule has 3 rings (SSSR count). The molecule has 0 spiro atoms. The number of aromatic hydroxyl groups is 2. The summed E-state index contributed by atoms with van der Waals surface area (Å²) in [5.41, 5.74) is 2.86. The van der Waals surface area contributed by atoms with E-state index >= 15 is 0 Å². The summed E-state index contributed by atoms with van der Waals surface area (Å²) in [7, 11) is -3.87. The van der Waals surface area contributed by atoms with E-state index in [1.165, 1.54) is 0 Å². The molecule has 2 aliphatic carbocycles. The lowest BCUT2D eigenvalue weighted by atomic mass is 9.73. The SMILES string of the molecule is C=C(C)C1CCC(C)=CC1c1c(O)cc(CCCCC)c(S(=O)(=O)C2CCC(=O)CC2)c1O. The van der Waals surface area contributed by atoms with Gasteiger partial charge in [-0.3, -0.25) is 4.79 Å². The smallest absolute Gasteiger partial charge is 0.185 e. The third-order valence-electron chi connectivity index (χ3n) is 7.33. The average Bonchev–Trinajstić information content (AvgIpc) is 2.73. The number of Topliss-reactive ketones (excluding diaryl/α,β-unsaturated/α-hetero) is 1. The lowest BCUT2D eigenvalue weighted by Crippen LogP contribution is -2.28. The van der Waals surface area contributed by atoms with Crippen LogP contribution in [0.5, 0.6) is 11.5 Å². The highest BCUT2D eigenvalue weighted by Gasteiger charge is 2.38. The van der Waals surface area contributed by atoms with Gasteiger partial charge in [0.25, 0.3) is 0 Å². The molecule has 0 heterocycles. The molecule has 0 amide bonds. The number of allylic oxidation sites excluding steroid dienone is 3. The molecule has 1 aromatic carbocycles. The average molecular weight is 475 g/mol. The fraction of sp³-hybridized carbons (Fsp3) is 0.593. The molecule has 2 atom stereocenters. The Labute approximate surface area is 198 Å². The van der Waals surface area contributed by atoms with Crippen molar-refractivity contribution < 1.29 is 23.4 Å². The molecule has 2 unspecified atom stereocenters. The molecular formula is C27H38O5S. The van der Waals surface area contributed by atoms with Crippen molar-refractivity contribution in [3.8, 4) is 11.5 Å². The number of carbonyl (C=O) groups is 1. The number of phenols is 2. The minimum Gasteiger partial charge on any atom is -0.507 e. The van der Waals surface area contributed by atoms with E-state index in [1.54, 1.807) is 6.07 Å². The fourth-order valence-corrected chi connectivity index (χ4v) is 7.49. The van der Waals surface area contributed by atoms with Crippen LogP contribution in [0.4, 0.5) is 0 Å². The second kappa shape index (κ2) is 10.5. The predicted molar refractivity (Wildman–Crippen MR) is 131 cm³/mol. The van der Waals surface area contributed by atoms with Gasteiger partial charge in [-0.05, 0) is 69.9 Å². The van der Waals surface area contributed by atoms with E-state index in [0.29, 0.717) is 12.0 Å². The van der Waals surface area contributed by atoms with Crippen LogP contribution in [0.2, 0.25) is 0 Å². The molecule has 2 aliphatic rings. The first kappa shape index (κ1) is 25.5. The largest absolute Gasteiger partial charge is 0.507 e. The van der Waals surface area contributed by atoms with E-state index in [4.69, 9.17) is 0 Å². The molecule has 2 N–H and O–H groups in total. The third kappa shape index (κ3) is 5.37. The van der Waals surface area contributed by atoms with Gasteiger partial charge < -0.3 is 10.2 Å². The molecule has 0 bridgehead atoms. The van der Waals surface area contributed by atoms with Crippen molar-refractivity contribution in [1.29, 1.82) is 0 Å². The highest BCUT2D eigenvalue weighted by molar-refractivity contribution is 7.92. The summed E-state index contributed by atoms with van der Waals surface area (Å²) in [6.07, 6.45) is 8.01. The Hall–Kier alpha value is -2.08. The van der Waals surface area contributed by atoms with Gasteiger partial charge in [-0.25, -0.2) is 8.42 Å². The first-order chi connectivity index (χ1) is 15.6. The maximum atomic E-state index is 13.8. The number of unbranched alkanes of at least 4 members (excludes halogenated alkanes) is 2. The van der Waals surface area contributed by atoms with Gasteiger partial charge >= 0.3 is 0 Å². The van der Waals surface area contributed by atoms with Crippen molar-refractivity contribution in [2.75, 3.05) is 0 Å². The zero-order valence-electron chi connectivity index (χ0n) is 20.2. The Morgan fingerprint density at radius 2 is 1.79 bits per heavy atom. The Kier molecular flexibility index (Phi) is 8.09. The molecule has 0 aromatic heterocycles. The number of hydrogen-bond donors (Lipinski definition) is 2. The summed E-state index contributed by atoms with van der Waals surface area (Å²) in [4.78, 5) is 11.7. The number of aryl methyl sites for hydroxylation is 1. The van der Waals surface area contributed by atoms with Crippen LogP contribution in [-0.4, -0.2) is 29.7 Å². The summed E-state index contributed by atoms with van der Waals surface area (Å²) < 4.78 is 27.6. The van der Waals surface area contributed by atoms with E-state index in [2.05, 4.69) is 13.5 Å². The third-order valence-corrected chi connectivity index (χ3v) is 9.70. The highest BCUT2D eigenvalue weighted by Crippen LogP contribution is 2.50. The van der Waals surface area contributed by atoms with Crippen molar-refractivity contribution >= 4 is 15.6 Å². The topological polar surface area (TPSA) is 91.7 Å². The van der Waals surface area contributed by atoms with Crippen LogP contribution in [0.15, 0.2) is 34.8 Å². The van der Waals surface area contributed by atoms with Crippen molar-refractivity contribution in [2.45, 2.75) is 101 Å². The van der Waals surface area contributed by atoms with E-state index in [0.717, 1.165) is 43.3 Å². The van der Waals surface area contributed by atoms with Crippen LogP contribution in [0.25, 0.3) is 0 Å². The van der Waals surface area contributed by atoms with Gasteiger partial charge in [0.05, 0.1) is 5.25 Å².